The minimum absolute atomic E-state index is 0.00794. The van der Waals surface area contributed by atoms with Crippen molar-refractivity contribution in [3.8, 4) is 11.5 Å². The first-order chi connectivity index (χ1) is 15.3. The van der Waals surface area contributed by atoms with Crippen molar-refractivity contribution >= 4 is 17.8 Å². The molecule has 0 saturated carbocycles. The predicted octanol–water partition coefficient (Wildman–Crippen LogP) is 4.61. The molecule has 0 aliphatic carbocycles. The number of fused-ring (bicyclic) bond motifs is 1. The van der Waals surface area contributed by atoms with Gasteiger partial charge in [0.05, 0.1) is 5.56 Å². The number of halogens is 3. The largest absolute Gasteiger partial charge is 0.486 e. The van der Waals surface area contributed by atoms with Crippen LogP contribution in [0.4, 0.5) is 13.2 Å². The summed E-state index contributed by atoms with van der Waals surface area (Å²) in [5.74, 6) is 0.713. The van der Waals surface area contributed by atoms with E-state index in [1.54, 1.807) is 23.1 Å². The number of carbonyl (C=O) groups is 2. The first-order valence-electron chi connectivity index (χ1n) is 10.4. The maximum atomic E-state index is 12.9. The molecule has 5 nitrogen and oxygen atoms in total. The third-order valence-electron chi connectivity index (χ3n) is 5.64. The molecular weight excluding hydrogens is 423 g/mol. The molecule has 0 atom stereocenters. The van der Waals surface area contributed by atoms with Gasteiger partial charge in [-0.05, 0) is 54.8 Å². The van der Waals surface area contributed by atoms with Crippen LogP contribution in [0.5, 0.6) is 11.5 Å². The zero-order valence-electron chi connectivity index (χ0n) is 17.2. The van der Waals surface area contributed by atoms with Gasteiger partial charge < -0.3 is 14.4 Å². The maximum Gasteiger partial charge on any atom is 0.416 e. The summed E-state index contributed by atoms with van der Waals surface area (Å²) in [5.41, 5.74) is 0.103. The minimum Gasteiger partial charge on any atom is -0.486 e. The number of alkyl halides is 3. The molecule has 4 rings (SSSR count). The SMILES string of the molecule is O=C(c1ccc2c(c1)OCCO2)C1CCN(C(=O)/C=C/c2cccc(C(F)(F)F)c2)CC1. The molecule has 32 heavy (non-hydrogen) atoms. The number of benzene rings is 2. The molecule has 8 heteroatoms. The molecule has 0 unspecified atom stereocenters. The highest BCUT2D eigenvalue weighted by atomic mass is 19.4. The van der Waals surface area contributed by atoms with E-state index in [2.05, 4.69) is 0 Å². The Kier molecular flexibility index (Phi) is 6.21. The number of carbonyl (C=O) groups excluding carboxylic acids is 2. The van der Waals surface area contributed by atoms with E-state index in [1.165, 1.54) is 24.3 Å². The number of hydrogen-bond acceptors (Lipinski definition) is 4. The smallest absolute Gasteiger partial charge is 0.416 e. The monoisotopic (exact) mass is 445 g/mol. The summed E-state index contributed by atoms with van der Waals surface area (Å²) in [7, 11) is 0. The van der Waals surface area contributed by atoms with E-state index in [0.717, 1.165) is 12.1 Å². The topological polar surface area (TPSA) is 55.8 Å². The van der Waals surface area contributed by atoms with Crippen LogP contribution in [0, 0.1) is 5.92 Å². The van der Waals surface area contributed by atoms with E-state index in [-0.39, 0.29) is 17.6 Å². The van der Waals surface area contributed by atoms with Crippen molar-refractivity contribution in [3.63, 3.8) is 0 Å². The summed E-state index contributed by atoms with van der Waals surface area (Å²) in [6.07, 6.45) is -0.727. The molecule has 2 aromatic carbocycles. The molecule has 168 valence electrons. The van der Waals surface area contributed by atoms with Crippen molar-refractivity contribution in [1.29, 1.82) is 0 Å². The van der Waals surface area contributed by atoms with Crippen LogP contribution in [0.25, 0.3) is 6.08 Å². The molecule has 0 N–H and O–H groups in total. The Labute approximate surface area is 183 Å². The lowest BCUT2D eigenvalue weighted by molar-refractivity contribution is -0.137. The summed E-state index contributed by atoms with van der Waals surface area (Å²) in [5, 5.41) is 0. The number of amides is 1. The zero-order chi connectivity index (χ0) is 22.7. The average molecular weight is 445 g/mol. The van der Waals surface area contributed by atoms with E-state index in [9.17, 15) is 22.8 Å². The lowest BCUT2D eigenvalue weighted by Gasteiger charge is -2.30. The minimum atomic E-state index is -4.43. The van der Waals surface area contributed by atoms with E-state index in [0.29, 0.717) is 61.8 Å². The summed E-state index contributed by atoms with van der Waals surface area (Å²) in [4.78, 5) is 27.0. The molecular formula is C24H22F3NO4. The number of ketones is 1. The van der Waals surface area contributed by atoms with E-state index >= 15 is 0 Å². The number of hydrogen-bond donors (Lipinski definition) is 0. The van der Waals surface area contributed by atoms with Gasteiger partial charge in [-0.15, -0.1) is 0 Å². The van der Waals surface area contributed by atoms with Crippen LogP contribution in [0.3, 0.4) is 0 Å². The highest BCUT2D eigenvalue weighted by molar-refractivity contribution is 5.99. The van der Waals surface area contributed by atoms with Crippen LogP contribution in [0.2, 0.25) is 0 Å². The molecule has 0 radical (unpaired) electrons. The van der Waals surface area contributed by atoms with Gasteiger partial charge in [0.25, 0.3) is 0 Å². The van der Waals surface area contributed by atoms with Gasteiger partial charge in [-0.1, -0.05) is 12.1 Å². The van der Waals surface area contributed by atoms with Gasteiger partial charge in [0.1, 0.15) is 13.2 Å². The van der Waals surface area contributed by atoms with Crippen LogP contribution in [-0.2, 0) is 11.0 Å². The molecule has 2 aromatic rings. The lowest BCUT2D eigenvalue weighted by Crippen LogP contribution is -2.39. The summed E-state index contributed by atoms with van der Waals surface area (Å²) in [6.45, 7) is 1.74. The summed E-state index contributed by atoms with van der Waals surface area (Å²) in [6, 6.07) is 9.97. The standard InChI is InChI=1S/C24H22F3NO4/c25-24(26,27)19-3-1-2-16(14-19)4-7-22(29)28-10-8-17(9-11-28)23(30)18-5-6-20-21(15-18)32-13-12-31-20/h1-7,14-15,17H,8-13H2/b7-4+. The second-order valence-electron chi connectivity index (χ2n) is 7.78. The van der Waals surface area contributed by atoms with Crippen LogP contribution >= 0.6 is 0 Å². The average Bonchev–Trinajstić information content (AvgIpc) is 2.81. The van der Waals surface area contributed by atoms with Gasteiger partial charge in [-0.25, -0.2) is 0 Å². The highest BCUT2D eigenvalue weighted by Gasteiger charge is 2.30. The van der Waals surface area contributed by atoms with Crippen molar-refractivity contribution in [2.45, 2.75) is 19.0 Å². The van der Waals surface area contributed by atoms with Gasteiger partial charge >= 0.3 is 6.18 Å². The Morgan fingerprint density at radius 3 is 2.41 bits per heavy atom. The zero-order valence-corrected chi connectivity index (χ0v) is 17.2. The Morgan fingerprint density at radius 2 is 1.69 bits per heavy atom. The molecule has 0 bridgehead atoms. The van der Waals surface area contributed by atoms with E-state index < -0.39 is 11.7 Å². The number of likely N-dealkylation sites (tertiary alicyclic amines) is 1. The van der Waals surface area contributed by atoms with E-state index in [4.69, 9.17) is 9.47 Å². The Morgan fingerprint density at radius 1 is 0.969 bits per heavy atom. The molecule has 2 aliphatic rings. The number of Topliss-reactive ketones (excluding diaryl/α,β-unsaturated/α-hetero) is 1. The first kappa shape index (κ1) is 21.9. The second kappa shape index (κ2) is 9.06. The van der Waals surface area contributed by atoms with E-state index in [1.807, 2.05) is 0 Å². The molecule has 1 amide bonds. The number of rotatable bonds is 4. The Hall–Kier alpha value is -3.29. The van der Waals surface area contributed by atoms with Gasteiger partial charge in [0.2, 0.25) is 5.91 Å². The van der Waals surface area contributed by atoms with Crippen LogP contribution in [-0.4, -0.2) is 42.9 Å². The lowest BCUT2D eigenvalue weighted by atomic mass is 9.88. The third-order valence-corrected chi connectivity index (χ3v) is 5.64. The fourth-order valence-corrected chi connectivity index (χ4v) is 3.89. The Bertz CT molecular complexity index is 1040. The molecule has 1 fully saturated rings. The molecule has 2 aliphatic heterocycles. The van der Waals surface area contributed by atoms with Gasteiger partial charge in [-0.2, -0.15) is 13.2 Å². The van der Waals surface area contributed by atoms with Crippen molar-refractivity contribution in [2.75, 3.05) is 26.3 Å². The van der Waals surface area contributed by atoms with Gasteiger partial charge in [0, 0.05) is 30.6 Å². The van der Waals surface area contributed by atoms with Crippen LogP contribution < -0.4 is 9.47 Å². The maximum absolute atomic E-state index is 12.9. The molecule has 1 saturated heterocycles. The summed E-state index contributed by atoms with van der Waals surface area (Å²) >= 11 is 0. The van der Waals surface area contributed by atoms with Crippen LogP contribution in [0.1, 0.15) is 34.3 Å². The van der Waals surface area contributed by atoms with Crippen molar-refractivity contribution < 1.29 is 32.2 Å². The highest BCUT2D eigenvalue weighted by Crippen LogP contribution is 2.33. The van der Waals surface area contributed by atoms with Crippen molar-refractivity contribution in [1.82, 2.24) is 4.90 Å². The summed E-state index contributed by atoms with van der Waals surface area (Å²) < 4.78 is 49.5. The van der Waals surface area contributed by atoms with Crippen molar-refractivity contribution in [2.24, 2.45) is 5.92 Å². The Balaban J connectivity index is 1.34. The van der Waals surface area contributed by atoms with Crippen LogP contribution in [0.15, 0.2) is 48.5 Å². The number of nitrogens with zero attached hydrogens (tertiary/aromatic N) is 1. The quantitative estimate of drug-likeness (QED) is 0.510. The van der Waals surface area contributed by atoms with Gasteiger partial charge in [-0.3, -0.25) is 9.59 Å². The third kappa shape index (κ3) is 4.95. The number of piperidine rings is 1. The van der Waals surface area contributed by atoms with Crippen molar-refractivity contribution in [3.05, 3.63) is 65.2 Å². The fourth-order valence-electron chi connectivity index (χ4n) is 3.89. The fraction of sp³-hybridized carbons (Fsp3) is 0.333. The first-order valence-corrected chi connectivity index (χ1v) is 10.4. The molecule has 0 spiro atoms. The normalized spacial score (nSPS) is 16.9. The predicted molar refractivity (Wildman–Crippen MR) is 112 cm³/mol. The van der Waals surface area contributed by atoms with Gasteiger partial charge in [0.15, 0.2) is 17.3 Å². The molecule has 2 heterocycles. The second-order valence-corrected chi connectivity index (χ2v) is 7.78. The number of ether oxygens (including phenoxy) is 2. The molecule has 0 aromatic heterocycles.